The second kappa shape index (κ2) is 5.61. The van der Waals surface area contributed by atoms with Crippen LogP contribution in [0.5, 0.6) is 11.5 Å². The van der Waals surface area contributed by atoms with E-state index in [9.17, 15) is 9.18 Å². The molecule has 2 rings (SSSR count). The number of carboxylic acid groups (broad SMARTS) is 1. The first-order chi connectivity index (χ1) is 9.56. The van der Waals surface area contributed by atoms with Crippen molar-refractivity contribution in [1.82, 2.24) is 0 Å². The van der Waals surface area contributed by atoms with Gasteiger partial charge in [0.15, 0.2) is 11.5 Å². The van der Waals surface area contributed by atoms with E-state index in [0.717, 1.165) is 6.07 Å². The van der Waals surface area contributed by atoms with Gasteiger partial charge < -0.3 is 14.6 Å². The molecule has 0 atom stereocenters. The third-order valence-corrected chi connectivity index (χ3v) is 2.91. The van der Waals surface area contributed by atoms with E-state index in [1.165, 1.54) is 26.4 Å². The molecule has 0 aliphatic carbocycles. The van der Waals surface area contributed by atoms with Crippen LogP contribution in [-0.2, 0) is 0 Å². The fourth-order valence-corrected chi connectivity index (χ4v) is 1.89. The Kier molecular flexibility index (Phi) is 3.89. The summed E-state index contributed by atoms with van der Waals surface area (Å²) in [6.45, 7) is 0. The summed E-state index contributed by atoms with van der Waals surface area (Å²) >= 11 is 0. The van der Waals surface area contributed by atoms with E-state index in [-0.39, 0.29) is 5.56 Å². The van der Waals surface area contributed by atoms with E-state index in [4.69, 9.17) is 14.6 Å². The molecule has 5 heteroatoms. The number of hydrogen-bond donors (Lipinski definition) is 1. The summed E-state index contributed by atoms with van der Waals surface area (Å²) in [5.74, 6) is -0.745. The summed E-state index contributed by atoms with van der Waals surface area (Å²) in [6.07, 6.45) is 0. The molecule has 1 N–H and O–H groups in total. The van der Waals surface area contributed by atoms with Crippen molar-refractivity contribution in [1.29, 1.82) is 0 Å². The maximum Gasteiger partial charge on any atom is 0.335 e. The van der Waals surface area contributed by atoms with E-state index < -0.39 is 11.8 Å². The van der Waals surface area contributed by atoms with Crippen LogP contribution in [0.25, 0.3) is 11.1 Å². The van der Waals surface area contributed by atoms with Gasteiger partial charge in [0, 0.05) is 5.56 Å². The minimum Gasteiger partial charge on any atom is -0.493 e. The first-order valence-corrected chi connectivity index (χ1v) is 5.82. The Morgan fingerprint density at radius 3 is 2.30 bits per heavy atom. The number of carbonyl (C=O) groups is 1. The van der Waals surface area contributed by atoms with Gasteiger partial charge in [-0.15, -0.1) is 0 Å². The first-order valence-electron chi connectivity index (χ1n) is 5.82. The molecule has 4 nitrogen and oxygen atoms in total. The number of ether oxygens (including phenoxy) is 2. The van der Waals surface area contributed by atoms with Crippen LogP contribution in [0.3, 0.4) is 0 Å². The molecule has 2 aromatic carbocycles. The van der Waals surface area contributed by atoms with Crippen molar-refractivity contribution in [3.8, 4) is 22.6 Å². The van der Waals surface area contributed by atoms with Crippen LogP contribution in [-0.4, -0.2) is 25.3 Å². The van der Waals surface area contributed by atoms with Gasteiger partial charge in [-0.25, -0.2) is 9.18 Å². The van der Waals surface area contributed by atoms with Gasteiger partial charge >= 0.3 is 5.97 Å². The standard InChI is InChI=1S/C15H13FO4/c1-19-13-6-4-9(8-14(13)20-2)11-5-3-10(15(17)18)7-12(11)16/h3-8H,1-2H3,(H,17,18). The summed E-state index contributed by atoms with van der Waals surface area (Å²) in [5.41, 5.74) is 0.791. The predicted octanol–water partition coefficient (Wildman–Crippen LogP) is 3.21. The van der Waals surface area contributed by atoms with Gasteiger partial charge in [-0.1, -0.05) is 12.1 Å². The van der Waals surface area contributed by atoms with Crippen molar-refractivity contribution in [3.63, 3.8) is 0 Å². The van der Waals surface area contributed by atoms with Crippen LogP contribution in [0, 0.1) is 5.82 Å². The van der Waals surface area contributed by atoms with E-state index in [0.29, 0.717) is 22.6 Å². The number of hydrogen-bond acceptors (Lipinski definition) is 3. The van der Waals surface area contributed by atoms with Gasteiger partial charge in [0.05, 0.1) is 19.8 Å². The fourth-order valence-electron chi connectivity index (χ4n) is 1.89. The van der Waals surface area contributed by atoms with Gasteiger partial charge in [0.25, 0.3) is 0 Å². The van der Waals surface area contributed by atoms with Crippen molar-refractivity contribution >= 4 is 5.97 Å². The van der Waals surface area contributed by atoms with E-state index in [1.807, 2.05) is 0 Å². The lowest BCUT2D eigenvalue weighted by Crippen LogP contribution is -1.98. The molecule has 0 saturated carbocycles. The Morgan fingerprint density at radius 1 is 1.05 bits per heavy atom. The molecule has 0 unspecified atom stereocenters. The molecule has 0 fully saturated rings. The average Bonchev–Trinajstić information content (AvgIpc) is 2.46. The van der Waals surface area contributed by atoms with E-state index in [2.05, 4.69) is 0 Å². The molecule has 0 radical (unpaired) electrons. The Balaban J connectivity index is 2.49. The van der Waals surface area contributed by atoms with Crippen molar-refractivity contribution in [2.75, 3.05) is 14.2 Å². The normalized spacial score (nSPS) is 10.2. The van der Waals surface area contributed by atoms with Gasteiger partial charge in [0.1, 0.15) is 5.82 Å². The Labute approximate surface area is 115 Å². The quantitative estimate of drug-likeness (QED) is 0.931. The molecule has 20 heavy (non-hydrogen) atoms. The maximum absolute atomic E-state index is 14.0. The zero-order valence-electron chi connectivity index (χ0n) is 11.0. The number of aromatic carboxylic acids is 1. The molecule has 0 heterocycles. The fraction of sp³-hybridized carbons (Fsp3) is 0.133. The summed E-state index contributed by atoms with van der Waals surface area (Å²) < 4.78 is 24.2. The number of carboxylic acids is 1. The topological polar surface area (TPSA) is 55.8 Å². The molecule has 104 valence electrons. The average molecular weight is 276 g/mol. The minimum atomic E-state index is -1.16. The second-order valence-corrected chi connectivity index (χ2v) is 4.07. The molecular formula is C15H13FO4. The molecular weight excluding hydrogens is 263 g/mol. The highest BCUT2D eigenvalue weighted by Crippen LogP contribution is 2.33. The third kappa shape index (κ3) is 2.56. The number of halogens is 1. The van der Waals surface area contributed by atoms with Crippen LogP contribution in [0.4, 0.5) is 4.39 Å². The summed E-state index contributed by atoms with van der Waals surface area (Å²) in [7, 11) is 3.01. The smallest absolute Gasteiger partial charge is 0.335 e. The molecule has 0 bridgehead atoms. The highest BCUT2D eigenvalue weighted by molar-refractivity contribution is 5.88. The molecule has 2 aromatic rings. The Morgan fingerprint density at radius 2 is 1.75 bits per heavy atom. The van der Waals surface area contributed by atoms with E-state index in [1.54, 1.807) is 18.2 Å². The zero-order chi connectivity index (χ0) is 14.7. The molecule has 0 aliphatic heterocycles. The highest BCUT2D eigenvalue weighted by Gasteiger charge is 2.12. The third-order valence-electron chi connectivity index (χ3n) is 2.91. The largest absolute Gasteiger partial charge is 0.493 e. The lowest BCUT2D eigenvalue weighted by molar-refractivity contribution is 0.0696. The maximum atomic E-state index is 14.0. The molecule has 0 saturated heterocycles. The minimum absolute atomic E-state index is 0.0910. The first kappa shape index (κ1) is 13.9. The van der Waals surface area contributed by atoms with Gasteiger partial charge in [-0.05, 0) is 29.8 Å². The van der Waals surface area contributed by atoms with Gasteiger partial charge in [0.2, 0.25) is 0 Å². The lowest BCUT2D eigenvalue weighted by atomic mass is 10.0. The van der Waals surface area contributed by atoms with Crippen molar-refractivity contribution in [2.24, 2.45) is 0 Å². The monoisotopic (exact) mass is 276 g/mol. The second-order valence-electron chi connectivity index (χ2n) is 4.07. The Bertz CT molecular complexity index is 652. The van der Waals surface area contributed by atoms with Crippen LogP contribution >= 0.6 is 0 Å². The van der Waals surface area contributed by atoms with Crippen molar-refractivity contribution < 1.29 is 23.8 Å². The zero-order valence-corrected chi connectivity index (χ0v) is 11.0. The number of methoxy groups -OCH3 is 2. The molecule has 0 aliphatic rings. The van der Waals surface area contributed by atoms with Crippen molar-refractivity contribution in [3.05, 3.63) is 47.8 Å². The summed E-state index contributed by atoms with van der Waals surface area (Å²) in [4.78, 5) is 10.8. The SMILES string of the molecule is COc1ccc(-c2ccc(C(=O)O)cc2F)cc1OC. The van der Waals surface area contributed by atoms with Crippen molar-refractivity contribution in [2.45, 2.75) is 0 Å². The Hall–Kier alpha value is -2.56. The molecule has 0 aromatic heterocycles. The van der Waals surface area contributed by atoms with Crippen LogP contribution < -0.4 is 9.47 Å². The predicted molar refractivity (Wildman–Crippen MR) is 71.9 cm³/mol. The molecule has 0 spiro atoms. The molecule has 0 amide bonds. The lowest BCUT2D eigenvalue weighted by Gasteiger charge is -2.10. The number of rotatable bonds is 4. The summed E-state index contributed by atoms with van der Waals surface area (Å²) in [5, 5.41) is 8.82. The van der Waals surface area contributed by atoms with Crippen LogP contribution in [0.2, 0.25) is 0 Å². The van der Waals surface area contributed by atoms with Gasteiger partial charge in [-0.3, -0.25) is 0 Å². The summed E-state index contributed by atoms with van der Waals surface area (Å²) in [6, 6.07) is 8.77. The van der Waals surface area contributed by atoms with Gasteiger partial charge in [-0.2, -0.15) is 0 Å². The number of benzene rings is 2. The van der Waals surface area contributed by atoms with E-state index >= 15 is 0 Å². The van der Waals surface area contributed by atoms with Crippen LogP contribution in [0.15, 0.2) is 36.4 Å². The van der Waals surface area contributed by atoms with Crippen LogP contribution in [0.1, 0.15) is 10.4 Å². The highest BCUT2D eigenvalue weighted by atomic mass is 19.1.